The molecule has 0 fully saturated rings. The van der Waals surface area contributed by atoms with Crippen LogP contribution < -0.4 is 5.11 Å². The van der Waals surface area contributed by atoms with Crippen LogP contribution in [0.4, 0.5) is 0 Å². The van der Waals surface area contributed by atoms with E-state index < -0.39 is 5.97 Å². The van der Waals surface area contributed by atoms with Crippen molar-refractivity contribution in [1.29, 1.82) is 0 Å². The molecule has 0 atom stereocenters. The molecule has 0 N–H and O–H groups in total. The summed E-state index contributed by atoms with van der Waals surface area (Å²) in [6.45, 7) is 1.62. The fourth-order valence-corrected chi connectivity index (χ4v) is 0.478. The Hall–Kier alpha value is -1.66. The van der Waals surface area contributed by atoms with Crippen LogP contribution in [0, 0.1) is 6.08 Å². The molecule has 2 heteroatoms. The van der Waals surface area contributed by atoms with Gasteiger partial charge in [0.15, 0.2) is 0 Å². The van der Waals surface area contributed by atoms with Crippen molar-refractivity contribution in [1.82, 2.24) is 0 Å². The Morgan fingerprint density at radius 1 is 1.42 bits per heavy atom. The number of carbonyl (C=O) groups excluding carboxylic acids is 1. The van der Waals surface area contributed by atoms with Crippen LogP contribution in [0.2, 0.25) is 0 Å². The molecule has 0 amide bonds. The predicted molar refractivity (Wildman–Crippen MR) is 45.9 cm³/mol. The Labute approximate surface area is 72.2 Å². The Balaban J connectivity index is 0.000000202. The lowest BCUT2D eigenvalue weighted by atomic mass is 10.3. The number of carboxylic acid groups (broad SMARTS) is 1. The molecule has 0 aromatic rings. The summed E-state index contributed by atoms with van der Waals surface area (Å²) in [6, 6.07) is 0. The Kier molecular flexibility index (Phi) is 6.42. The van der Waals surface area contributed by atoms with Crippen molar-refractivity contribution in [2.24, 2.45) is 0 Å². The fraction of sp³-hybridized carbons (Fsp3) is 0.100. The SMILES string of the molecule is CC=CC(=O)[O-].[C+]1=CC=CC=C1. The number of carboxylic acids is 1. The van der Waals surface area contributed by atoms with Gasteiger partial charge in [-0.1, -0.05) is 6.08 Å². The summed E-state index contributed by atoms with van der Waals surface area (Å²) in [5.74, 6) is -1.14. The Morgan fingerprint density at radius 2 is 2.17 bits per heavy atom. The molecule has 0 saturated heterocycles. The van der Waals surface area contributed by atoms with Crippen molar-refractivity contribution >= 4 is 5.97 Å². The molecule has 0 aromatic carbocycles. The summed E-state index contributed by atoms with van der Waals surface area (Å²) in [5.41, 5.74) is 0. The molecule has 2 nitrogen and oxygen atoms in total. The largest absolute Gasteiger partial charge is 0.545 e. The lowest BCUT2D eigenvalue weighted by Gasteiger charge is -1.83. The van der Waals surface area contributed by atoms with E-state index in [4.69, 9.17) is 0 Å². The standard InChI is InChI=1S/C6H5.C4H6O2/c1-2-4-6-5-3-1;1-2-3-4(5)6/h1-5H;2-3H,1H3,(H,5,6)/q+1;/p-1. The highest BCUT2D eigenvalue weighted by Crippen LogP contribution is 1.85. The van der Waals surface area contributed by atoms with Crippen LogP contribution in [-0.2, 0) is 4.79 Å². The summed E-state index contributed by atoms with van der Waals surface area (Å²) in [7, 11) is 0. The van der Waals surface area contributed by atoms with E-state index in [-0.39, 0.29) is 0 Å². The molecule has 62 valence electrons. The van der Waals surface area contributed by atoms with Crippen LogP contribution in [-0.4, -0.2) is 5.97 Å². The van der Waals surface area contributed by atoms with Gasteiger partial charge in [0, 0.05) is 24.3 Å². The topological polar surface area (TPSA) is 40.1 Å². The minimum Gasteiger partial charge on any atom is -0.545 e. The first kappa shape index (κ1) is 10.3. The van der Waals surface area contributed by atoms with Crippen LogP contribution in [0.1, 0.15) is 6.92 Å². The van der Waals surface area contributed by atoms with E-state index in [1.54, 1.807) is 6.92 Å². The Morgan fingerprint density at radius 3 is 2.25 bits per heavy atom. The van der Waals surface area contributed by atoms with Gasteiger partial charge in [0.05, 0.1) is 5.97 Å². The van der Waals surface area contributed by atoms with E-state index in [1.165, 1.54) is 6.08 Å². The van der Waals surface area contributed by atoms with Gasteiger partial charge in [-0.15, -0.1) is 0 Å². The predicted octanol–water partition coefficient (Wildman–Crippen LogP) is 0.784. The zero-order valence-electron chi connectivity index (χ0n) is 6.86. The highest BCUT2D eigenvalue weighted by Gasteiger charge is 1.78. The highest BCUT2D eigenvalue weighted by atomic mass is 16.4. The molecule has 1 rings (SSSR count). The lowest BCUT2D eigenvalue weighted by molar-refractivity contribution is -0.297. The van der Waals surface area contributed by atoms with Crippen LogP contribution >= 0.6 is 0 Å². The van der Waals surface area contributed by atoms with Crippen LogP contribution in [0.3, 0.4) is 0 Å². The van der Waals surface area contributed by atoms with Crippen molar-refractivity contribution in [2.75, 3.05) is 0 Å². The molecule has 0 heterocycles. The summed E-state index contributed by atoms with van der Waals surface area (Å²) < 4.78 is 0. The molecular weight excluding hydrogens is 152 g/mol. The van der Waals surface area contributed by atoms with Gasteiger partial charge in [0.1, 0.15) is 12.2 Å². The second kappa shape index (κ2) is 7.45. The molecule has 0 radical (unpaired) electrons. The third-order valence-electron chi connectivity index (χ3n) is 0.910. The second-order valence-electron chi connectivity index (χ2n) is 1.90. The first-order chi connectivity index (χ1) is 5.77. The third-order valence-corrected chi connectivity index (χ3v) is 0.910. The zero-order chi connectivity index (χ0) is 9.23. The van der Waals surface area contributed by atoms with E-state index >= 15 is 0 Å². The van der Waals surface area contributed by atoms with Crippen molar-refractivity contribution in [3.8, 4) is 0 Å². The van der Waals surface area contributed by atoms with Crippen molar-refractivity contribution in [2.45, 2.75) is 6.92 Å². The maximum absolute atomic E-state index is 9.40. The van der Waals surface area contributed by atoms with E-state index in [1.807, 2.05) is 30.4 Å². The molecule has 0 aromatic heterocycles. The van der Waals surface area contributed by atoms with Gasteiger partial charge in [-0.3, -0.25) is 0 Å². The van der Waals surface area contributed by atoms with Gasteiger partial charge >= 0.3 is 0 Å². The van der Waals surface area contributed by atoms with Gasteiger partial charge in [0.25, 0.3) is 0 Å². The van der Waals surface area contributed by atoms with E-state index in [9.17, 15) is 9.90 Å². The van der Waals surface area contributed by atoms with Gasteiger partial charge in [-0.2, -0.15) is 0 Å². The van der Waals surface area contributed by atoms with E-state index in [0.29, 0.717) is 0 Å². The quantitative estimate of drug-likeness (QED) is 0.422. The fourth-order valence-electron chi connectivity index (χ4n) is 0.478. The molecule has 1 aliphatic rings. The monoisotopic (exact) mass is 162 g/mol. The number of allylic oxidation sites excluding steroid dienone is 7. The lowest BCUT2D eigenvalue weighted by Crippen LogP contribution is -2.18. The molecule has 0 saturated carbocycles. The molecule has 12 heavy (non-hydrogen) atoms. The van der Waals surface area contributed by atoms with Crippen molar-refractivity contribution in [3.63, 3.8) is 0 Å². The van der Waals surface area contributed by atoms with Gasteiger partial charge in [-0.05, 0) is 13.0 Å². The smallest absolute Gasteiger partial charge is 0.103 e. The van der Waals surface area contributed by atoms with Crippen molar-refractivity contribution < 1.29 is 9.90 Å². The number of hydrogen-bond donors (Lipinski definition) is 0. The van der Waals surface area contributed by atoms with E-state index in [0.717, 1.165) is 6.08 Å². The zero-order valence-corrected chi connectivity index (χ0v) is 6.86. The minimum atomic E-state index is -1.14. The van der Waals surface area contributed by atoms with Crippen molar-refractivity contribution in [3.05, 3.63) is 48.6 Å². The van der Waals surface area contributed by atoms with Crippen LogP contribution in [0.25, 0.3) is 0 Å². The van der Waals surface area contributed by atoms with Crippen LogP contribution in [0.5, 0.6) is 0 Å². The maximum Gasteiger partial charge on any atom is 0.103 e. The summed E-state index contributed by atoms with van der Waals surface area (Å²) >= 11 is 0. The molecule has 0 bridgehead atoms. The first-order valence-corrected chi connectivity index (χ1v) is 3.52. The number of hydrogen-bond acceptors (Lipinski definition) is 2. The molecular formula is C10H10O2. The van der Waals surface area contributed by atoms with Gasteiger partial charge in [-0.25, -0.2) is 0 Å². The second-order valence-corrected chi connectivity index (χ2v) is 1.90. The third kappa shape index (κ3) is 8.34. The normalized spacial score (nSPS) is 12.1. The summed E-state index contributed by atoms with van der Waals surface area (Å²) in [5, 5.41) is 9.40. The molecule has 0 spiro atoms. The average Bonchev–Trinajstić information content (AvgIpc) is 2.08. The van der Waals surface area contributed by atoms with Gasteiger partial charge in [0.2, 0.25) is 0 Å². The van der Waals surface area contributed by atoms with Gasteiger partial charge < -0.3 is 9.90 Å². The maximum atomic E-state index is 9.40. The number of rotatable bonds is 1. The van der Waals surface area contributed by atoms with Crippen LogP contribution in [0.15, 0.2) is 42.5 Å². The number of carbonyl (C=O) groups is 1. The molecule has 1 aliphatic carbocycles. The Bertz CT molecular complexity index is 196. The summed E-state index contributed by atoms with van der Waals surface area (Å²) in [4.78, 5) is 9.40. The highest BCUT2D eigenvalue weighted by molar-refractivity contribution is 5.77. The molecule has 0 unspecified atom stereocenters. The summed E-state index contributed by atoms with van der Waals surface area (Å²) in [6.07, 6.45) is 14.9. The first-order valence-electron chi connectivity index (χ1n) is 3.52. The van der Waals surface area contributed by atoms with E-state index in [2.05, 4.69) is 6.08 Å². The number of aliphatic carboxylic acids is 1. The average molecular weight is 162 g/mol. The molecule has 0 aliphatic heterocycles. The minimum absolute atomic E-state index is 0.972.